The van der Waals surface area contributed by atoms with Gasteiger partial charge in [0, 0.05) is 17.3 Å². The summed E-state index contributed by atoms with van der Waals surface area (Å²) < 4.78 is 10.7. The quantitative estimate of drug-likeness (QED) is 0.683. The van der Waals surface area contributed by atoms with Gasteiger partial charge < -0.3 is 20.5 Å². The third kappa shape index (κ3) is 3.04. The molecule has 1 aromatic heterocycles. The number of benzene rings is 2. The third-order valence-electron chi connectivity index (χ3n) is 3.92. The zero-order valence-electron chi connectivity index (χ0n) is 13.5. The van der Waals surface area contributed by atoms with E-state index in [0.29, 0.717) is 21.9 Å². The predicted molar refractivity (Wildman–Crippen MR) is 99.2 cm³/mol. The monoisotopic (exact) mass is 352 g/mol. The van der Waals surface area contributed by atoms with Crippen LogP contribution in [-0.2, 0) is 0 Å². The molecule has 0 saturated carbocycles. The maximum absolute atomic E-state index is 12.7. The molecule has 5 nitrogen and oxygen atoms in total. The zero-order valence-corrected chi connectivity index (χ0v) is 14.4. The van der Waals surface area contributed by atoms with Crippen LogP contribution in [0.4, 0.5) is 16.4 Å². The van der Waals surface area contributed by atoms with Crippen molar-refractivity contribution in [2.75, 3.05) is 17.8 Å². The van der Waals surface area contributed by atoms with Gasteiger partial charge in [-0.05, 0) is 25.1 Å². The third-order valence-corrected chi connectivity index (χ3v) is 4.99. The molecule has 0 atom stereocenters. The summed E-state index contributed by atoms with van der Waals surface area (Å²) in [6.07, 6.45) is 0. The summed E-state index contributed by atoms with van der Waals surface area (Å²) in [5.41, 5.74) is 9.12. The molecule has 3 aromatic rings. The van der Waals surface area contributed by atoms with Crippen molar-refractivity contribution in [2.24, 2.45) is 0 Å². The van der Waals surface area contributed by atoms with E-state index in [1.807, 2.05) is 49.4 Å². The van der Waals surface area contributed by atoms with Crippen LogP contribution in [0, 0.1) is 6.92 Å². The second-order valence-electron chi connectivity index (χ2n) is 5.78. The fourth-order valence-corrected chi connectivity index (χ4v) is 3.56. The molecule has 0 unspecified atom stereocenters. The van der Waals surface area contributed by atoms with Crippen molar-refractivity contribution in [1.82, 2.24) is 0 Å². The number of ether oxygens (including phenoxy) is 2. The highest BCUT2D eigenvalue weighted by Crippen LogP contribution is 2.37. The topological polar surface area (TPSA) is 73.6 Å². The molecule has 0 aliphatic carbocycles. The summed E-state index contributed by atoms with van der Waals surface area (Å²) in [6.45, 7) is 2.22. The number of hydrogen-bond acceptors (Lipinski definition) is 6. The first-order valence-electron chi connectivity index (χ1n) is 7.77. The lowest BCUT2D eigenvalue weighted by molar-refractivity contribution is 0.104. The average Bonchev–Trinajstić information content (AvgIpc) is 3.21. The van der Waals surface area contributed by atoms with Crippen molar-refractivity contribution < 1.29 is 14.3 Å². The van der Waals surface area contributed by atoms with Crippen LogP contribution in [0.5, 0.6) is 11.5 Å². The average molecular weight is 352 g/mol. The number of aryl methyl sites for hydroxylation is 1. The molecule has 126 valence electrons. The highest BCUT2D eigenvalue weighted by molar-refractivity contribution is 7.18. The Labute approximate surface area is 149 Å². The van der Waals surface area contributed by atoms with E-state index in [0.717, 1.165) is 22.0 Å². The molecule has 1 aliphatic heterocycles. The fourth-order valence-electron chi connectivity index (χ4n) is 2.60. The number of carbonyl (C=O) groups is 1. The first-order chi connectivity index (χ1) is 12.1. The van der Waals surface area contributed by atoms with Crippen LogP contribution in [0.2, 0.25) is 0 Å². The van der Waals surface area contributed by atoms with Crippen LogP contribution in [0.15, 0.2) is 48.5 Å². The van der Waals surface area contributed by atoms with Gasteiger partial charge in [-0.3, -0.25) is 4.79 Å². The molecule has 1 aliphatic rings. The minimum Gasteiger partial charge on any atom is -0.454 e. The lowest BCUT2D eigenvalue weighted by Crippen LogP contribution is -2.01. The molecular weight excluding hydrogens is 336 g/mol. The minimum atomic E-state index is -0.0683. The Morgan fingerprint density at radius 2 is 1.84 bits per heavy atom. The fraction of sp³-hybridized carbons (Fsp3) is 0.105. The molecule has 0 radical (unpaired) electrons. The summed E-state index contributed by atoms with van der Waals surface area (Å²) in [6, 6.07) is 14.9. The molecular formula is C19H16N2O3S. The summed E-state index contributed by atoms with van der Waals surface area (Å²) in [5, 5.41) is 4.06. The number of nitrogen functional groups attached to an aromatic ring is 1. The van der Waals surface area contributed by atoms with Gasteiger partial charge in [-0.25, -0.2) is 0 Å². The first kappa shape index (κ1) is 15.5. The van der Waals surface area contributed by atoms with E-state index in [1.165, 1.54) is 11.3 Å². The first-order valence-corrected chi connectivity index (χ1v) is 8.59. The van der Waals surface area contributed by atoms with Gasteiger partial charge in [0.25, 0.3) is 0 Å². The number of nitrogens with one attached hydrogen (secondary N) is 1. The second kappa shape index (κ2) is 6.14. The summed E-state index contributed by atoms with van der Waals surface area (Å²) in [7, 11) is 0. The molecule has 0 bridgehead atoms. The number of anilines is 3. The number of fused-ring (bicyclic) bond motifs is 1. The SMILES string of the molecule is Cc1ccc(C(=O)c2sc(Nc3ccc4c(c3)OCO4)cc2N)cc1. The molecule has 2 aromatic carbocycles. The lowest BCUT2D eigenvalue weighted by Gasteiger charge is -2.04. The zero-order chi connectivity index (χ0) is 17.4. The number of ketones is 1. The standard InChI is InChI=1S/C19H16N2O3S/c1-11-2-4-12(5-3-11)18(22)19-14(20)9-17(25-19)21-13-6-7-15-16(8-13)24-10-23-15/h2-9,21H,10,20H2,1H3. The number of hydrogen-bond donors (Lipinski definition) is 2. The van der Waals surface area contributed by atoms with Crippen molar-refractivity contribution in [2.45, 2.75) is 6.92 Å². The van der Waals surface area contributed by atoms with Gasteiger partial charge in [-0.2, -0.15) is 0 Å². The molecule has 0 spiro atoms. The molecule has 2 heterocycles. The van der Waals surface area contributed by atoms with Crippen molar-refractivity contribution in [3.05, 3.63) is 64.5 Å². The number of thiophene rings is 1. The van der Waals surface area contributed by atoms with Gasteiger partial charge >= 0.3 is 0 Å². The van der Waals surface area contributed by atoms with Crippen molar-refractivity contribution in [1.29, 1.82) is 0 Å². The Balaban J connectivity index is 1.57. The van der Waals surface area contributed by atoms with E-state index >= 15 is 0 Å². The molecule has 0 fully saturated rings. The Hall–Kier alpha value is -2.99. The van der Waals surface area contributed by atoms with Crippen LogP contribution in [0.3, 0.4) is 0 Å². The second-order valence-corrected chi connectivity index (χ2v) is 6.84. The number of nitrogens with two attached hydrogens (primary N) is 1. The predicted octanol–water partition coefficient (Wildman–Crippen LogP) is 4.34. The molecule has 6 heteroatoms. The maximum atomic E-state index is 12.7. The van der Waals surface area contributed by atoms with Crippen LogP contribution >= 0.6 is 11.3 Å². The Bertz CT molecular complexity index is 948. The van der Waals surface area contributed by atoms with E-state index in [2.05, 4.69) is 5.32 Å². The van der Waals surface area contributed by atoms with Crippen LogP contribution in [-0.4, -0.2) is 12.6 Å². The van der Waals surface area contributed by atoms with Crippen molar-refractivity contribution in [3.8, 4) is 11.5 Å². The lowest BCUT2D eigenvalue weighted by atomic mass is 10.1. The number of carbonyl (C=O) groups excluding carboxylic acids is 1. The smallest absolute Gasteiger partial charge is 0.231 e. The molecule has 0 saturated heterocycles. The van der Waals surface area contributed by atoms with Gasteiger partial charge in [0.1, 0.15) is 4.88 Å². The molecule has 0 amide bonds. The van der Waals surface area contributed by atoms with E-state index in [-0.39, 0.29) is 12.6 Å². The summed E-state index contributed by atoms with van der Waals surface area (Å²) >= 11 is 1.34. The minimum absolute atomic E-state index is 0.0683. The molecule has 4 rings (SSSR count). The Kier molecular flexibility index (Phi) is 3.82. The largest absolute Gasteiger partial charge is 0.454 e. The van der Waals surface area contributed by atoms with Crippen LogP contribution in [0.25, 0.3) is 0 Å². The van der Waals surface area contributed by atoms with Gasteiger partial charge in [0.15, 0.2) is 11.5 Å². The van der Waals surface area contributed by atoms with Gasteiger partial charge in [-0.15, -0.1) is 11.3 Å². The Morgan fingerprint density at radius 3 is 2.64 bits per heavy atom. The highest BCUT2D eigenvalue weighted by atomic mass is 32.1. The maximum Gasteiger partial charge on any atom is 0.231 e. The Morgan fingerprint density at radius 1 is 1.08 bits per heavy atom. The van der Waals surface area contributed by atoms with Gasteiger partial charge in [0.2, 0.25) is 12.6 Å². The summed E-state index contributed by atoms with van der Waals surface area (Å²) in [4.78, 5) is 13.2. The molecule has 3 N–H and O–H groups in total. The van der Waals surface area contributed by atoms with Crippen molar-refractivity contribution >= 4 is 33.5 Å². The van der Waals surface area contributed by atoms with Crippen LogP contribution in [0.1, 0.15) is 20.8 Å². The molecule has 25 heavy (non-hydrogen) atoms. The van der Waals surface area contributed by atoms with E-state index in [9.17, 15) is 4.79 Å². The highest BCUT2D eigenvalue weighted by Gasteiger charge is 2.18. The van der Waals surface area contributed by atoms with Gasteiger partial charge in [-0.1, -0.05) is 29.8 Å². The van der Waals surface area contributed by atoms with Crippen molar-refractivity contribution in [3.63, 3.8) is 0 Å². The van der Waals surface area contributed by atoms with Crippen LogP contribution < -0.4 is 20.5 Å². The van der Waals surface area contributed by atoms with E-state index in [4.69, 9.17) is 15.2 Å². The van der Waals surface area contributed by atoms with E-state index in [1.54, 1.807) is 6.07 Å². The van der Waals surface area contributed by atoms with Gasteiger partial charge in [0.05, 0.1) is 10.7 Å². The normalized spacial score (nSPS) is 12.2. The summed E-state index contributed by atoms with van der Waals surface area (Å²) in [5.74, 6) is 1.36. The number of rotatable bonds is 4. The van der Waals surface area contributed by atoms with E-state index < -0.39 is 0 Å².